The van der Waals surface area contributed by atoms with Crippen LogP contribution >= 0.6 is 0 Å². The Morgan fingerprint density at radius 1 is 1.44 bits per heavy atom. The summed E-state index contributed by atoms with van der Waals surface area (Å²) < 4.78 is 5.63. The van der Waals surface area contributed by atoms with E-state index in [0.717, 1.165) is 24.8 Å². The van der Waals surface area contributed by atoms with Gasteiger partial charge in [-0.25, -0.2) is 0 Å². The van der Waals surface area contributed by atoms with E-state index in [1.807, 2.05) is 0 Å². The van der Waals surface area contributed by atoms with Gasteiger partial charge in [-0.2, -0.15) is 0 Å². The highest BCUT2D eigenvalue weighted by Gasteiger charge is 2.28. The lowest BCUT2D eigenvalue weighted by molar-refractivity contribution is 0.123. The van der Waals surface area contributed by atoms with Crippen molar-refractivity contribution in [3.05, 3.63) is 11.8 Å². The molecule has 2 rings (SSSR count). The summed E-state index contributed by atoms with van der Waals surface area (Å²) in [5.41, 5.74) is 5.46. The average Bonchev–Trinajstić information content (AvgIpc) is 2.67. The second kappa shape index (κ2) is 4.93. The standard InChI is InChI=1S/C11H20N4O/c1-8-3-4-9(15(2)7-8)11-14-13-10(16-11)5-6-12/h8-9H,3-7,12H2,1-2H3. The van der Waals surface area contributed by atoms with Crippen LogP contribution in [0.3, 0.4) is 0 Å². The molecule has 0 bridgehead atoms. The van der Waals surface area contributed by atoms with E-state index in [9.17, 15) is 0 Å². The quantitative estimate of drug-likeness (QED) is 0.828. The van der Waals surface area contributed by atoms with E-state index in [1.165, 1.54) is 6.42 Å². The van der Waals surface area contributed by atoms with Crippen LogP contribution in [0.15, 0.2) is 4.42 Å². The van der Waals surface area contributed by atoms with Crippen molar-refractivity contribution in [1.29, 1.82) is 0 Å². The van der Waals surface area contributed by atoms with Crippen LogP contribution in [0.25, 0.3) is 0 Å². The molecule has 2 unspecified atom stereocenters. The molecule has 2 atom stereocenters. The molecule has 1 aromatic rings. The van der Waals surface area contributed by atoms with Gasteiger partial charge in [-0.1, -0.05) is 6.92 Å². The molecule has 0 aliphatic carbocycles. The fourth-order valence-corrected chi connectivity index (χ4v) is 2.31. The molecule has 1 fully saturated rings. The Bertz CT molecular complexity index is 338. The number of hydrogen-bond acceptors (Lipinski definition) is 5. The van der Waals surface area contributed by atoms with Crippen molar-refractivity contribution in [2.45, 2.75) is 32.2 Å². The number of hydrogen-bond donors (Lipinski definition) is 1. The van der Waals surface area contributed by atoms with Gasteiger partial charge in [-0.15, -0.1) is 10.2 Å². The minimum atomic E-state index is 0.287. The van der Waals surface area contributed by atoms with Gasteiger partial charge in [0.05, 0.1) is 6.04 Å². The van der Waals surface area contributed by atoms with Gasteiger partial charge < -0.3 is 10.2 Å². The molecule has 0 radical (unpaired) electrons. The van der Waals surface area contributed by atoms with Gasteiger partial charge >= 0.3 is 0 Å². The first kappa shape index (κ1) is 11.5. The van der Waals surface area contributed by atoms with E-state index in [0.29, 0.717) is 18.9 Å². The highest BCUT2D eigenvalue weighted by molar-refractivity contribution is 4.93. The topological polar surface area (TPSA) is 68.2 Å². The van der Waals surface area contributed by atoms with Gasteiger partial charge in [0.25, 0.3) is 0 Å². The van der Waals surface area contributed by atoms with Crippen LogP contribution in [0.1, 0.15) is 37.6 Å². The zero-order valence-electron chi connectivity index (χ0n) is 10.0. The Morgan fingerprint density at radius 3 is 2.94 bits per heavy atom. The molecule has 2 heterocycles. The molecule has 1 saturated heterocycles. The summed E-state index contributed by atoms with van der Waals surface area (Å²) in [5, 5.41) is 8.13. The molecule has 1 aliphatic heterocycles. The molecule has 90 valence electrons. The maximum atomic E-state index is 5.63. The van der Waals surface area contributed by atoms with Crippen LogP contribution in [0.2, 0.25) is 0 Å². The first-order valence-electron chi connectivity index (χ1n) is 5.93. The molecule has 2 N–H and O–H groups in total. The molecule has 0 aromatic carbocycles. The predicted octanol–water partition coefficient (Wildman–Crippen LogP) is 0.974. The van der Waals surface area contributed by atoms with Crippen LogP contribution in [0.4, 0.5) is 0 Å². The molecular formula is C11H20N4O. The second-order valence-electron chi connectivity index (χ2n) is 4.71. The molecule has 5 heteroatoms. The SMILES string of the molecule is CC1CCC(c2nnc(CCN)o2)N(C)C1. The minimum absolute atomic E-state index is 0.287. The van der Waals surface area contributed by atoms with Crippen molar-refractivity contribution in [3.8, 4) is 0 Å². The Balaban J connectivity index is 2.05. The number of rotatable bonds is 3. The molecule has 5 nitrogen and oxygen atoms in total. The van der Waals surface area contributed by atoms with Crippen molar-refractivity contribution in [3.63, 3.8) is 0 Å². The molecule has 0 amide bonds. The summed E-state index contributed by atoms with van der Waals surface area (Å²) >= 11 is 0. The van der Waals surface area contributed by atoms with E-state index in [2.05, 4.69) is 29.1 Å². The number of likely N-dealkylation sites (tertiary alicyclic amines) is 1. The van der Waals surface area contributed by atoms with E-state index >= 15 is 0 Å². The molecule has 16 heavy (non-hydrogen) atoms. The van der Waals surface area contributed by atoms with Crippen molar-refractivity contribution in [2.24, 2.45) is 11.7 Å². The monoisotopic (exact) mass is 224 g/mol. The summed E-state index contributed by atoms with van der Waals surface area (Å²) in [4.78, 5) is 2.30. The number of aromatic nitrogens is 2. The fourth-order valence-electron chi connectivity index (χ4n) is 2.31. The normalized spacial score (nSPS) is 27.2. The molecule has 0 spiro atoms. The maximum Gasteiger partial charge on any atom is 0.233 e. The van der Waals surface area contributed by atoms with Crippen LogP contribution in [0.5, 0.6) is 0 Å². The lowest BCUT2D eigenvalue weighted by Crippen LogP contribution is -2.34. The Morgan fingerprint density at radius 2 is 2.25 bits per heavy atom. The molecule has 1 aromatic heterocycles. The van der Waals surface area contributed by atoms with Gasteiger partial charge in [0, 0.05) is 19.5 Å². The summed E-state index contributed by atoms with van der Waals surface area (Å²) in [6, 6.07) is 0.287. The third-order valence-corrected chi connectivity index (χ3v) is 3.19. The van der Waals surface area contributed by atoms with Crippen LogP contribution in [0, 0.1) is 5.92 Å². The van der Waals surface area contributed by atoms with Crippen LogP contribution < -0.4 is 5.73 Å². The van der Waals surface area contributed by atoms with E-state index in [1.54, 1.807) is 0 Å². The lowest BCUT2D eigenvalue weighted by Gasteiger charge is -2.33. The number of nitrogens with two attached hydrogens (primary N) is 1. The zero-order chi connectivity index (χ0) is 11.5. The van der Waals surface area contributed by atoms with Crippen molar-refractivity contribution in [2.75, 3.05) is 20.1 Å². The summed E-state index contributed by atoms with van der Waals surface area (Å²) in [7, 11) is 2.12. The summed E-state index contributed by atoms with van der Waals surface area (Å²) in [6.45, 7) is 3.93. The van der Waals surface area contributed by atoms with Crippen molar-refractivity contribution < 1.29 is 4.42 Å². The van der Waals surface area contributed by atoms with Crippen molar-refractivity contribution in [1.82, 2.24) is 15.1 Å². The van der Waals surface area contributed by atoms with E-state index in [-0.39, 0.29) is 6.04 Å². The van der Waals surface area contributed by atoms with E-state index in [4.69, 9.17) is 10.2 Å². The third-order valence-electron chi connectivity index (χ3n) is 3.19. The largest absolute Gasteiger partial charge is 0.424 e. The molecule has 1 aliphatic rings. The number of piperidine rings is 1. The fraction of sp³-hybridized carbons (Fsp3) is 0.818. The molecule has 0 saturated carbocycles. The van der Waals surface area contributed by atoms with Gasteiger partial charge in [-0.3, -0.25) is 4.90 Å². The Kier molecular flexibility index (Phi) is 3.56. The first-order chi connectivity index (χ1) is 7.70. The highest BCUT2D eigenvalue weighted by Crippen LogP contribution is 2.30. The minimum Gasteiger partial charge on any atom is -0.424 e. The lowest BCUT2D eigenvalue weighted by atomic mass is 9.95. The Labute approximate surface area is 96.0 Å². The Hall–Kier alpha value is -0.940. The van der Waals surface area contributed by atoms with Crippen molar-refractivity contribution >= 4 is 0 Å². The number of nitrogens with zero attached hydrogens (tertiary/aromatic N) is 3. The smallest absolute Gasteiger partial charge is 0.233 e. The first-order valence-corrected chi connectivity index (χ1v) is 5.93. The van der Waals surface area contributed by atoms with E-state index < -0.39 is 0 Å². The van der Waals surface area contributed by atoms with Gasteiger partial charge in [-0.05, 0) is 25.8 Å². The van der Waals surface area contributed by atoms with Gasteiger partial charge in [0.2, 0.25) is 11.8 Å². The van der Waals surface area contributed by atoms with Gasteiger partial charge in [0.1, 0.15) is 0 Å². The molecular weight excluding hydrogens is 204 g/mol. The summed E-state index contributed by atoms with van der Waals surface area (Å²) in [6.07, 6.45) is 2.99. The average molecular weight is 224 g/mol. The zero-order valence-corrected chi connectivity index (χ0v) is 10.0. The highest BCUT2D eigenvalue weighted by atomic mass is 16.4. The van der Waals surface area contributed by atoms with Gasteiger partial charge in [0.15, 0.2) is 0 Å². The summed E-state index contributed by atoms with van der Waals surface area (Å²) in [5.74, 6) is 2.16. The van der Waals surface area contributed by atoms with Crippen LogP contribution in [-0.2, 0) is 6.42 Å². The maximum absolute atomic E-state index is 5.63. The van der Waals surface area contributed by atoms with Crippen LogP contribution in [-0.4, -0.2) is 35.2 Å². The predicted molar refractivity (Wildman–Crippen MR) is 60.8 cm³/mol. The second-order valence-corrected chi connectivity index (χ2v) is 4.71. The third kappa shape index (κ3) is 2.41.